The number of benzene rings is 2. The van der Waals surface area contributed by atoms with E-state index in [1.807, 2.05) is 42.5 Å². The predicted octanol–water partition coefficient (Wildman–Crippen LogP) is 3.84. The maximum absolute atomic E-state index is 11.6. The van der Waals surface area contributed by atoms with Crippen LogP contribution < -0.4 is 24.8 Å². The summed E-state index contributed by atoms with van der Waals surface area (Å²) < 4.78 is 16.0. The van der Waals surface area contributed by atoms with Crippen molar-refractivity contribution in [2.75, 3.05) is 31.5 Å². The lowest BCUT2D eigenvalue weighted by Gasteiger charge is -2.18. The Balaban J connectivity index is 1.62. The standard InChI is InChI=1S/C21H19N3O4/c1-26-16-9-15(10-17(11-16)27-2)23-20-8-14(5-6-22-20)13-3-4-19-18(7-13)24-21(25)12-28-19/h3-11H,12H2,1-2H3,(H,22,23)(H,24,25). The van der Waals surface area contributed by atoms with Crippen molar-refractivity contribution in [2.45, 2.75) is 0 Å². The van der Waals surface area contributed by atoms with Crippen molar-refractivity contribution in [3.8, 4) is 28.4 Å². The monoisotopic (exact) mass is 377 g/mol. The van der Waals surface area contributed by atoms with Crippen molar-refractivity contribution in [2.24, 2.45) is 0 Å². The third kappa shape index (κ3) is 3.68. The summed E-state index contributed by atoms with van der Waals surface area (Å²) in [5.41, 5.74) is 3.36. The average Bonchev–Trinajstić information content (AvgIpc) is 2.73. The number of anilines is 3. The van der Waals surface area contributed by atoms with Gasteiger partial charge in [0.1, 0.15) is 23.1 Å². The van der Waals surface area contributed by atoms with Crippen LogP contribution in [0.5, 0.6) is 17.2 Å². The summed E-state index contributed by atoms with van der Waals surface area (Å²) >= 11 is 0. The van der Waals surface area contributed by atoms with Crippen molar-refractivity contribution < 1.29 is 19.0 Å². The summed E-state index contributed by atoms with van der Waals surface area (Å²) in [5, 5.41) is 6.09. The fourth-order valence-electron chi connectivity index (χ4n) is 2.97. The lowest BCUT2D eigenvalue weighted by molar-refractivity contribution is -0.118. The fourth-order valence-corrected chi connectivity index (χ4v) is 2.97. The number of nitrogens with one attached hydrogen (secondary N) is 2. The van der Waals surface area contributed by atoms with Gasteiger partial charge in [-0.15, -0.1) is 0 Å². The minimum atomic E-state index is -0.159. The molecule has 1 amide bonds. The van der Waals surface area contributed by atoms with Gasteiger partial charge in [-0.1, -0.05) is 6.07 Å². The normalized spacial score (nSPS) is 12.4. The van der Waals surface area contributed by atoms with Crippen LogP contribution >= 0.6 is 0 Å². The number of fused-ring (bicyclic) bond motifs is 1. The molecule has 0 bridgehead atoms. The zero-order chi connectivity index (χ0) is 19.5. The molecule has 7 nitrogen and oxygen atoms in total. The summed E-state index contributed by atoms with van der Waals surface area (Å²) in [6.07, 6.45) is 1.73. The van der Waals surface area contributed by atoms with Crippen LogP contribution in [-0.4, -0.2) is 31.7 Å². The van der Waals surface area contributed by atoms with Crippen LogP contribution in [0.15, 0.2) is 54.7 Å². The van der Waals surface area contributed by atoms with Crippen LogP contribution in [-0.2, 0) is 4.79 Å². The Hall–Kier alpha value is -3.74. The summed E-state index contributed by atoms with van der Waals surface area (Å²) in [6, 6.07) is 15.1. The van der Waals surface area contributed by atoms with Gasteiger partial charge in [0.25, 0.3) is 5.91 Å². The maximum atomic E-state index is 11.6. The molecule has 0 fully saturated rings. The number of pyridine rings is 1. The molecule has 0 unspecified atom stereocenters. The molecule has 7 heteroatoms. The van der Waals surface area contributed by atoms with E-state index in [0.29, 0.717) is 28.8 Å². The van der Waals surface area contributed by atoms with Crippen molar-refractivity contribution in [1.82, 2.24) is 4.98 Å². The van der Waals surface area contributed by atoms with Crippen LogP contribution in [0.1, 0.15) is 0 Å². The van der Waals surface area contributed by atoms with Gasteiger partial charge in [0.2, 0.25) is 0 Å². The second-order valence-corrected chi connectivity index (χ2v) is 6.20. The molecule has 2 N–H and O–H groups in total. The molecule has 0 radical (unpaired) electrons. The van der Waals surface area contributed by atoms with Gasteiger partial charge in [-0.25, -0.2) is 4.98 Å². The molecule has 0 spiro atoms. The first-order chi connectivity index (χ1) is 13.6. The third-order valence-electron chi connectivity index (χ3n) is 4.33. The van der Waals surface area contributed by atoms with Gasteiger partial charge < -0.3 is 24.8 Å². The molecule has 0 atom stereocenters. The SMILES string of the molecule is COc1cc(Nc2cc(-c3ccc4c(c3)NC(=O)CO4)ccn2)cc(OC)c1. The van der Waals surface area contributed by atoms with Crippen molar-refractivity contribution >= 4 is 23.1 Å². The van der Waals surface area contributed by atoms with Gasteiger partial charge in [-0.2, -0.15) is 0 Å². The van der Waals surface area contributed by atoms with E-state index in [4.69, 9.17) is 14.2 Å². The van der Waals surface area contributed by atoms with E-state index < -0.39 is 0 Å². The lowest BCUT2D eigenvalue weighted by Crippen LogP contribution is -2.25. The smallest absolute Gasteiger partial charge is 0.262 e. The van der Waals surface area contributed by atoms with E-state index in [1.54, 1.807) is 26.5 Å². The van der Waals surface area contributed by atoms with E-state index in [9.17, 15) is 4.79 Å². The summed E-state index contributed by atoms with van der Waals surface area (Å²) in [6.45, 7) is 0.0413. The lowest BCUT2D eigenvalue weighted by atomic mass is 10.1. The van der Waals surface area contributed by atoms with Gasteiger partial charge >= 0.3 is 0 Å². The zero-order valence-electron chi connectivity index (χ0n) is 15.5. The number of rotatable bonds is 5. The van der Waals surface area contributed by atoms with E-state index in [1.165, 1.54) is 0 Å². The Morgan fingerprint density at radius 3 is 2.50 bits per heavy atom. The number of ether oxygens (including phenoxy) is 3. The number of amides is 1. The fraction of sp³-hybridized carbons (Fsp3) is 0.143. The molecule has 1 aromatic heterocycles. The first-order valence-electron chi connectivity index (χ1n) is 8.68. The molecule has 2 aromatic carbocycles. The largest absolute Gasteiger partial charge is 0.497 e. The highest BCUT2D eigenvalue weighted by Crippen LogP contribution is 2.34. The summed E-state index contributed by atoms with van der Waals surface area (Å²) in [7, 11) is 3.21. The second kappa shape index (κ2) is 7.48. The molecular weight excluding hydrogens is 358 g/mol. The Bertz CT molecular complexity index is 1010. The molecule has 2 heterocycles. The predicted molar refractivity (Wildman–Crippen MR) is 107 cm³/mol. The number of methoxy groups -OCH3 is 2. The van der Waals surface area contributed by atoms with E-state index in [-0.39, 0.29) is 12.5 Å². The van der Waals surface area contributed by atoms with Gasteiger partial charge in [-0.05, 0) is 35.4 Å². The number of carbonyl (C=O) groups is 1. The molecule has 4 rings (SSSR count). The third-order valence-corrected chi connectivity index (χ3v) is 4.33. The number of hydrogen-bond acceptors (Lipinski definition) is 6. The minimum Gasteiger partial charge on any atom is -0.497 e. The van der Waals surface area contributed by atoms with Crippen molar-refractivity contribution in [3.63, 3.8) is 0 Å². The maximum Gasteiger partial charge on any atom is 0.262 e. The second-order valence-electron chi connectivity index (χ2n) is 6.20. The number of carbonyl (C=O) groups excluding carboxylic acids is 1. The number of hydrogen-bond donors (Lipinski definition) is 2. The molecule has 0 aliphatic carbocycles. The van der Waals surface area contributed by atoms with Crippen molar-refractivity contribution in [1.29, 1.82) is 0 Å². The highest BCUT2D eigenvalue weighted by molar-refractivity contribution is 5.96. The molecule has 1 aliphatic heterocycles. The van der Waals surface area contributed by atoms with E-state index in [0.717, 1.165) is 16.8 Å². The van der Waals surface area contributed by atoms with Gasteiger partial charge in [-0.3, -0.25) is 4.79 Å². The quantitative estimate of drug-likeness (QED) is 0.703. The van der Waals surface area contributed by atoms with Crippen LogP contribution in [0.2, 0.25) is 0 Å². The Morgan fingerprint density at radius 1 is 1.00 bits per heavy atom. The van der Waals surface area contributed by atoms with Gasteiger partial charge in [0, 0.05) is 30.1 Å². The van der Waals surface area contributed by atoms with Gasteiger partial charge in [0.15, 0.2) is 6.61 Å². The van der Waals surface area contributed by atoms with Crippen LogP contribution in [0.4, 0.5) is 17.2 Å². The average molecular weight is 377 g/mol. The zero-order valence-corrected chi connectivity index (χ0v) is 15.5. The topological polar surface area (TPSA) is 81.7 Å². The molecule has 1 aliphatic rings. The van der Waals surface area contributed by atoms with E-state index in [2.05, 4.69) is 15.6 Å². The Kier molecular flexibility index (Phi) is 4.72. The van der Waals surface area contributed by atoms with Crippen molar-refractivity contribution in [3.05, 3.63) is 54.7 Å². The molecule has 0 saturated carbocycles. The Morgan fingerprint density at radius 2 is 1.75 bits per heavy atom. The van der Waals surface area contributed by atoms with E-state index >= 15 is 0 Å². The highest BCUT2D eigenvalue weighted by Gasteiger charge is 2.16. The molecule has 0 saturated heterocycles. The molecular formula is C21H19N3O4. The highest BCUT2D eigenvalue weighted by atomic mass is 16.5. The summed E-state index contributed by atoms with van der Waals surface area (Å²) in [4.78, 5) is 15.9. The van der Waals surface area contributed by atoms with Gasteiger partial charge in [0.05, 0.1) is 19.9 Å². The summed E-state index contributed by atoms with van der Waals surface area (Å²) in [5.74, 6) is 2.55. The molecule has 28 heavy (non-hydrogen) atoms. The first-order valence-corrected chi connectivity index (χ1v) is 8.68. The Labute approximate surface area is 162 Å². The van der Waals surface area contributed by atoms with Crippen LogP contribution in [0.25, 0.3) is 11.1 Å². The first kappa shape index (κ1) is 17.7. The number of aromatic nitrogens is 1. The van der Waals surface area contributed by atoms with Crippen LogP contribution in [0.3, 0.4) is 0 Å². The minimum absolute atomic E-state index is 0.0413. The molecule has 142 valence electrons. The molecule has 3 aromatic rings. The number of nitrogens with zero attached hydrogens (tertiary/aromatic N) is 1. The van der Waals surface area contributed by atoms with Crippen LogP contribution in [0, 0.1) is 0 Å².